The van der Waals surface area contributed by atoms with Crippen LogP contribution in [0.2, 0.25) is 0 Å². The predicted octanol–water partition coefficient (Wildman–Crippen LogP) is 0.603. The van der Waals surface area contributed by atoms with E-state index in [0.29, 0.717) is 30.7 Å². The molecule has 0 aliphatic carbocycles. The number of quaternary nitrogens is 1. The minimum atomic E-state index is -1.30. The number of methoxy groups -OCH3 is 1. The zero-order valence-electron chi connectivity index (χ0n) is 16.9. The van der Waals surface area contributed by atoms with Crippen LogP contribution in [0.3, 0.4) is 0 Å². The number of ether oxygens (including phenoxy) is 1. The highest BCUT2D eigenvalue weighted by atomic mass is 19.1. The number of nitrogens with two attached hydrogens (primary N) is 1. The minimum absolute atomic E-state index is 0.219. The van der Waals surface area contributed by atoms with E-state index in [9.17, 15) is 18.8 Å². The molecule has 29 heavy (non-hydrogen) atoms. The number of rotatable bonds is 6. The molecule has 4 rings (SSSR count). The number of hydrogen-bond donors (Lipinski definition) is 2. The molecule has 0 aromatic heterocycles. The Morgan fingerprint density at radius 1 is 1.28 bits per heavy atom. The van der Waals surface area contributed by atoms with E-state index >= 15 is 0 Å². The van der Waals surface area contributed by atoms with Crippen LogP contribution in [-0.4, -0.2) is 48.9 Å². The van der Waals surface area contributed by atoms with Gasteiger partial charge in [0.15, 0.2) is 0 Å². The van der Waals surface area contributed by atoms with Gasteiger partial charge < -0.3 is 15.4 Å². The Bertz CT molecular complexity index is 873. The molecule has 0 unspecified atom stereocenters. The minimum Gasteiger partial charge on any atom is -0.385 e. The smallest absolute Gasteiger partial charge is 0.291 e. The molecular formula is C21H27FN3O4+. The van der Waals surface area contributed by atoms with Crippen LogP contribution >= 0.6 is 0 Å². The van der Waals surface area contributed by atoms with Crippen molar-refractivity contribution in [2.24, 2.45) is 17.8 Å². The molecule has 3 amide bonds. The zero-order chi connectivity index (χ0) is 20.9. The van der Waals surface area contributed by atoms with Crippen LogP contribution in [0, 0.1) is 23.6 Å². The zero-order valence-corrected chi connectivity index (χ0v) is 16.9. The van der Waals surface area contributed by atoms with Gasteiger partial charge in [-0.3, -0.25) is 19.3 Å². The fraction of sp³-hybridized carbons (Fsp3) is 0.571. The Balaban J connectivity index is 1.79. The number of nitrogens with one attached hydrogen (secondary N) is 1. The molecule has 4 atom stereocenters. The summed E-state index contributed by atoms with van der Waals surface area (Å²) in [4.78, 5) is 41.1. The molecule has 3 aliphatic heterocycles. The molecule has 3 N–H and O–H groups in total. The van der Waals surface area contributed by atoms with E-state index < -0.39 is 23.2 Å². The Morgan fingerprint density at radius 2 is 2.03 bits per heavy atom. The summed E-state index contributed by atoms with van der Waals surface area (Å²) in [5, 5.41) is 4.66. The topological polar surface area (TPSA) is 92.3 Å². The van der Waals surface area contributed by atoms with Gasteiger partial charge >= 0.3 is 0 Å². The van der Waals surface area contributed by atoms with Crippen molar-refractivity contribution in [2.75, 3.05) is 25.6 Å². The maximum atomic E-state index is 14.1. The number of imide groups is 1. The molecule has 0 saturated carbocycles. The molecule has 8 heteroatoms. The third-order valence-corrected chi connectivity index (χ3v) is 6.40. The van der Waals surface area contributed by atoms with Crippen molar-refractivity contribution in [3.05, 3.63) is 29.6 Å². The molecule has 0 bridgehead atoms. The number of halogens is 1. The average molecular weight is 404 g/mol. The summed E-state index contributed by atoms with van der Waals surface area (Å²) in [6.45, 7) is 4.80. The van der Waals surface area contributed by atoms with Crippen LogP contribution in [0.4, 0.5) is 10.1 Å². The predicted molar refractivity (Wildman–Crippen MR) is 102 cm³/mol. The van der Waals surface area contributed by atoms with Gasteiger partial charge in [-0.15, -0.1) is 0 Å². The summed E-state index contributed by atoms with van der Waals surface area (Å²) in [6, 6.07) is 3.91. The summed E-state index contributed by atoms with van der Waals surface area (Å²) in [7, 11) is 1.57. The highest BCUT2D eigenvalue weighted by molar-refractivity contribution is 6.13. The number of anilines is 1. The second kappa shape index (κ2) is 7.18. The number of hydrogen-bond acceptors (Lipinski definition) is 4. The number of nitrogens with zero attached hydrogens (tertiary/aromatic N) is 1. The largest absolute Gasteiger partial charge is 0.385 e. The second-order valence-corrected chi connectivity index (χ2v) is 8.65. The first-order chi connectivity index (χ1) is 13.8. The molecule has 0 radical (unpaired) electrons. The quantitative estimate of drug-likeness (QED) is 0.537. The van der Waals surface area contributed by atoms with E-state index in [-0.39, 0.29) is 36.2 Å². The van der Waals surface area contributed by atoms with Gasteiger partial charge in [-0.1, -0.05) is 13.8 Å². The van der Waals surface area contributed by atoms with E-state index in [4.69, 9.17) is 4.74 Å². The third-order valence-electron chi connectivity index (χ3n) is 6.40. The lowest BCUT2D eigenvalue weighted by molar-refractivity contribution is -0.734. The summed E-state index contributed by atoms with van der Waals surface area (Å²) >= 11 is 0. The molecule has 1 spiro atoms. The van der Waals surface area contributed by atoms with E-state index in [1.165, 1.54) is 23.1 Å². The normalized spacial score (nSPS) is 30.4. The molecule has 1 aromatic carbocycles. The number of amides is 3. The van der Waals surface area contributed by atoms with Gasteiger partial charge in [-0.2, -0.15) is 0 Å². The summed E-state index contributed by atoms with van der Waals surface area (Å²) in [5.74, 6) is -2.52. The average Bonchev–Trinajstić information content (AvgIpc) is 3.22. The van der Waals surface area contributed by atoms with Crippen LogP contribution in [0.5, 0.6) is 0 Å². The van der Waals surface area contributed by atoms with Gasteiger partial charge in [-0.05, 0) is 30.5 Å². The van der Waals surface area contributed by atoms with E-state index in [1.54, 1.807) is 7.11 Å². The molecule has 1 aromatic rings. The lowest BCUT2D eigenvalue weighted by atomic mass is 9.76. The monoisotopic (exact) mass is 404 g/mol. The van der Waals surface area contributed by atoms with Gasteiger partial charge in [0, 0.05) is 32.2 Å². The van der Waals surface area contributed by atoms with Crippen molar-refractivity contribution >= 4 is 23.4 Å². The summed E-state index contributed by atoms with van der Waals surface area (Å²) in [5.41, 5.74) is -0.331. The SMILES string of the molecule is COCCCN1C(=O)[C@H]2[C@@H](C1=O)[C@]1([NH2+][C@@H]2CC(C)C)C(=O)Nc2ccc(F)cc21. The van der Waals surface area contributed by atoms with E-state index in [0.717, 1.165) is 0 Å². The van der Waals surface area contributed by atoms with E-state index in [2.05, 4.69) is 5.32 Å². The van der Waals surface area contributed by atoms with Crippen molar-refractivity contribution in [3.8, 4) is 0 Å². The fourth-order valence-electron chi connectivity index (χ4n) is 5.34. The van der Waals surface area contributed by atoms with Gasteiger partial charge in [0.25, 0.3) is 5.91 Å². The van der Waals surface area contributed by atoms with Crippen molar-refractivity contribution in [3.63, 3.8) is 0 Å². The maximum Gasteiger partial charge on any atom is 0.291 e. The molecule has 156 valence electrons. The second-order valence-electron chi connectivity index (χ2n) is 8.65. The number of benzene rings is 1. The lowest BCUT2D eigenvalue weighted by Gasteiger charge is -2.26. The van der Waals surface area contributed by atoms with Crippen LogP contribution in [0.25, 0.3) is 0 Å². The molecule has 3 heterocycles. The standard InChI is InChI=1S/C21H26FN3O4/c1-11(2)9-15-16-17(19(27)25(18(16)26)7-4-8-29-3)21(24-15)13-10-12(22)5-6-14(13)23-20(21)28/h5-6,10-11,15-17,24H,4,7-9H2,1-3H3,(H,23,28)/p+1/t15-,16-,17+,21+/m1/s1. The fourth-order valence-corrected chi connectivity index (χ4v) is 5.34. The van der Waals surface area contributed by atoms with Gasteiger partial charge in [0.05, 0.1) is 5.69 Å². The number of likely N-dealkylation sites (tertiary alicyclic amines) is 1. The van der Waals surface area contributed by atoms with Crippen molar-refractivity contribution in [1.29, 1.82) is 0 Å². The number of carbonyl (C=O) groups excluding carboxylic acids is 3. The van der Waals surface area contributed by atoms with Crippen LogP contribution in [0.15, 0.2) is 18.2 Å². The number of fused-ring (bicyclic) bond motifs is 4. The Labute approximate surface area is 169 Å². The van der Waals surface area contributed by atoms with Gasteiger partial charge in [-0.25, -0.2) is 4.39 Å². The first kappa shape index (κ1) is 20.0. The van der Waals surface area contributed by atoms with Crippen LogP contribution in [0.1, 0.15) is 32.3 Å². The Hall–Kier alpha value is -2.32. The highest BCUT2D eigenvalue weighted by Crippen LogP contribution is 2.49. The molecule has 7 nitrogen and oxygen atoms in total. The number of carbonyl (C=O) groups is 3. The summed E-state index contributed by atoms with van der Waals surface area (Å²) < 4.78 is 19.2. The Morgan fingerprint density at radius 3 is 2.72 bits per heavy atom. The highest BCUT2D eigenvalue weighted by Gasteiger charge is 2.74. The molecule has 3 aliphatic rings. The van der Waals surface area contributed by atoms with Crippen molar-refractivity contribution < 1.29 is 28.8 Å². The van der Waals surface area contributed by atoms with Gasteiger partial charge in [0.2, 0.25) is 17.4 Å². The third kappa shape index (κ3) is 2.88. The van der Waals surface area contributed by atoms with Crippen molar-refractivity contribution in [1.82, 2.24) is 4.90 Å². The molecular weight excluding hydrogens is 377 g/mol. The van der Waals surface area contributed by atoms with Gasteiger partial charge in [0.1, 0.15) is 23.7 Å². The summed E-state index contributed by atoms with van der Waals surface area (Å²) in [6.07, 6.45) is 1.22. The van der Waals surface area contributed by atoms with Crippen LogP contribution < -0.4 is 10.6 Å². The molecule has 2 saturated heterocycles. The molecule has 2 fully saturated rings. The van der Waals surface area contributed by atoms with E-state index in [1.807, 2.05) is 19.2 Å². The first-order valence-electron chi connectivity index (χ1n) is 10.1. The van der Waals surface area contributed by atoms with Crippen molar-refractivity contribution in [2.45, 2.75) is 38.3 Å². The first-order valence-corrected chi connectivity index (χ1v) is 10.1. The maximum absolute atomic E-state index is 14.1. The Kier molecular flexibility index (Phi) is 4.94. The van der Waals surface area contributed by atoms with Crippen LogP contribution in [-0.2, 0) is 24.7 Å². The lowest BCUT2D eigenvalue weighted by Crippen LogP contribution is -2.99.